The van der Waals surface area contributed by atoms with Gasteiger partial charge < -0.3 is 10.2 Å². The van der Waals surface area contributed by atoms with Crippen molar-refractivity contribution in [3.05, 3.63) is 105 Å². The monoisotopic (exact) mass is 556 g/mol. The minimum Gasteiger partial charge on any atom is -0.352 e. The van der Waals surface area contributed by atoms with Crippen LogP contribution in [0.4, 0.5) is 0 Å². The van der Waals surface area contributed by atoms with Crippen LogP contribution in [-0.2, 0) is 28.3 Å². The van der Waals surface area contributed by atoms with Gasteiger partial charge in [0, 0.05) is 34.8 Å². The van der Waals surface area contributed by atoms with Crippen molar-refractivity contribution in [1.29, 1.82) is 0 Å². The largest absolute Gasteiger partial charge is 0.352 e. The third-order valence-corrected chi connectivity index (χ3v) is 8.06. The van der Waals surface area contributed by atoms with Crippen molar-refractivity contribution in [3.63, 3.8) is 0 Å². The number of carbonyl (C=O) groups excluding carboxylic acids is 2. The SMILES string of the molecule is CCC(C)NC(=O)C(Cc1ccccc1)N(Cc1ccccc1C)C(=O)CSCc1c(Cl)cccc1Cl. The second-order valence-electron chi connectivity index (χ2n) is 9.16. The highest BCUT2D eigenvalue weighted by Gasteiger charge is 2.31. The number of nitrogens with one attached hydrogen (secondary N) is 1. The number of hydrogen-bond donors (Lipinski definition) is 1. The highest BCUT2D eigenvalue weighted by molar-refractivity contribution is 7.99. The first-order chi connectivity index (χ1) is 17.8. The summed E-state index contributed by atoms with van der Waals surface area (Å²) in [6, 6.07) is 22.6. The average Bonchev–Trinajstić information content (AvgIpc) is 2.89. The summed E-state index contributed by atoms with van der Waals surface area (Å²) in [5.74, 6) is 0.469. The molecule has 0 saturated heterocycles. The van der Waals surface area contributed by atoms with Gasteiger partial charge >= 0.3 is 0 Å². The minimum atomic E-state index is -0.645. The van der Waals surface area contributed by atoms with Crippen LogP contribution in [0.1, 0.15) is 42.5 Å². The van der Waals surface area contributed by atoms with Crippen LogP contribution in [0.3, 0.4) is 0 Å². The van der Waals surface area contributed by atoms with Gasteiger partial charge in [0.05, 0.1) is 5.75 Å². The lowest BCUT2D eigenvalue weighted by atomic mass is 10.0. The van der Waals surface area contributed by atoms with E-state index in [0.717, 1.165) is 28.7 Å². The van der Waals surface area contributed by atoms with Crippen molar-refractivity contribution in [1.82, 2.24) is 10.2 Å². The summed E-state index contributed by atoms with van der Waals surface area (Å²) in [5.41, 5.74) is 3.91. The average molecular weight is 558 g/mol. The highest BCUT2D eigenvalue weighted by Crippen LogP contribution is 2.28. The highest BCUT2D eigenvalue weighted by atomic mass is 35.5. The molecule has 3 rings (SSSR count). The summed E-state index contributed by atoms with van der Waals surface area (Å²) in [7, 11) is 0. The molecule has 2 atom stereocenters. The van der Waals surface area contributed by atoms with Crippen LogP contribution in [0, 0.1) is 6.92 Å². The predicted molar refractivity (Wildman–Crippen MR) is 156 cm³/mol. The Hall–Kier alpha value is -2.47. The first kappa shape index (κ1) is 29.1. The molecule has 0 aromatic heterocycles. The maximum Gasteiger partial charge on any atom is 0.243 e. The number of rotatable bonds is 12. The zero-order valence-electron chi connectivity index (χ0n) is 21.5. The number of hydrogen-bond acceptors (Lipinski definition) is 3. The molecule has 0 aliphatic rings. The van der Waals surface area contributed by atoms with Gasteiger partial charge in [0.2, 0.25) is 11.8 Å². The molecule has 0 spiro atoms. The van der Waals surface area contributed by atoms with Gasteiger partial charge in [-0.25, -0.2) is 0 Å². The van der Waals surface area contributed by atoms with E-state index in [0.29, 0.717) is 28.8 Å². The Labute approximate surface area is 234 Å². The summed E-state index contributed by atoms with van der Waals surface area (Å²) in [4.78, 5) is 29.1. The second kappa shape index (κ2) is 14.5. The smallest absolute Gasteiger partial charge is 0.243 e. The van der Waals surface area contributed by atoms with E-state index >= 15 is 0 Å². The number of nitrogens with zero attached hydrogens (tertiary/aromatic N) is 1. The maximum absolute atomic E-state index is 13.8. The Balaban J connectivity index is 1.89. The maximum atomic E-state index is 13.8. The Kier molecular flexibility index (Phi) is 11.4. The van der Waals surface area contributed by atoms with Gasteiger partial charge in [0.1, 0.15) is 6.04 Å². The van der Waals surface area contributed by atoms with Crippen LogP contribution >= 0.6 is 35.0 Å². The first-order valence-corrected chi connectivity index (χ1v) is 14.4. The quantitative estimate of drug-likeness (QED) is 0.259. The minimum absolute atomic E-state index is 0.0120. The van der Waals surface area contributed by atoms with Gasteiger partial charge in [0.15, 0.2) is 0 Å². The molecule has 0 saturated carbocycles. The Bertz CT molecular complexity index is 1170. The molecule has 2 unspecified atom stereocenters. The first-order valence-electron chi connectivity index (χ1n) is 12.5. The summed E-state index contributed by atoms with van der Waals surface area (Å²) >= 11 is 14.1. The molecule has 3 aromatic rings. The summed E-state index contributed by atoms with van der Waals surface area (Å²) in [6.07, 6.45) is 1.24. The molecule has 2 amide bonds. The van der Waals surface area contributed by atoms with Gasteiger partial charge in [-0.2, -0.15) is 0 Å². The van der Waals surface area contributed by atoms with Crippen LogP contribution in [0.5, 0.6) is 0 Å². The second-order valence-corrected chi connectivity index (χ2v) is 11.0. The number of carbonyl (C=O) groups is 2. The van der Waals surface area contributed by atoms with E-state index in [9.17, 15) is 9.59 Å². The van der Waals surface area contributed by atoms with Gasteiger partial charge in [-0.05, 0) is 54.7 Å². The van der Waals surface area contributed by atoms with E-state index in [1.807, 2.05) is 75.4 Å². The van der Waals surface area contributed by atoms with Crippen molar-refractivity contribution >= 4 is 46.8 Å². The molecule has 37 heavy (non-hydrogen) atoms. The van der Waals surface area contributed by atoms with Crippen molar-refractivity contribution in [2.75, 3.05) is 5.75 Å². The Morgan fingerprint density at radius 1 is 0.946 bits per heavy atom. The van der Waals surface area contributed by atoms with E-state index in [1.54, 1.807) is 23.1 Å². The fraction of sp³-hybridized carbons (Fsp3) is 0.333. The number of aryl methyl sites for hydroxylation is 1. The zero-order chi connectivity index (χ0) is 26.8. The van der Waals surface area contributed by atoms with Crippen molar-refractivity contribution in [2.24, 2.45) is 0 Å². The number of benzene rings is 3. The topological polar surface area (TPSA) is 49.4 Å². The van der Waals surface area contributed by atoms with Gasteiger partial charge in [0.25, 0.3) is 0 Å². The Morgan fingerprint density at radius 3 is 2.24 bits per heavy atom. The van der Waals surface area contributed by atoms with Gasteiger partial charge in [-0.3, -0.25) is 9.59 Å². The Morgan fingerprint density at radius 2 is 1.59 bits per heavy atom. The summed E-state index contributed by atoms with van der Waals surface area (Å²) in [5, 5.41) is 4.27. The van der Waals surface area contributed by atoms with Gasteiger partial charge in [-0.15, -0.1) is 11.8 Å². The molecule has 0 bridgehead atoms. The lowest BCUT2D eigenvalue weighted by Gasteiger charge is -2.32. The van der Waals surface area contributed by atoms with Crippen LogP contribution in [0.2, 0.25) is 10.0 Å². The van der Waals surface area contributed by atoms with Gasteiger partial charge in [-0.1, -0.05) is 90.8 Å². The standard InChI is InChI=1S/C30H34Cl2N2O2S/c1-4-22(3)33-30(36)28(17-23-12-6-5-7-13-23)34(18-24-14-9-8-11-21(24)2)29(35)20-37-19-25-26(31)15-10-16-27(25)32/h5-16,22,28H,4,17-20H2,1-3H3,(H,33,36). The fourth-order valence-electron chi connectivity index (χ4n) is 3.96. The molecule has 196 valence electrons. The van der Waals surface area contributed by atoms with Crippen LogP contribution in [0.25, 0.3) is 0 Å². The van der Waals surface area contributed by atoms with Crippen molar-refractivity contribution in [2.45, 2.75) is 58.0 Å². The lowest BCUT2D eigenvalue weighted by Crippen LogP contribution is -2.52. The van der Waals surface area contributed by atoms with E-state index in [4.69, 9.17) is 23.2 Å². The van der Waals surface area contributed by atoms with Crippen LogP contribution in [0.15, 0.2) is 72.8 Å². The molecule has 1 N–H and O–H groups in total. The van der Waals surface area contributed by atoms with E-state index in [-0.39, 0.29) is 23.6 Å². The molecule has 0 fully saturated rings. The molecular weight excluding hydrogens is 523 g/mol. The molecule has 0 aliphatic carbocycles. The van der Waals surface area contributed by atoms with Crippen LogP contribution in [-0.4, -0.2) is 34.6 Å². The molecular formula is C30H34Cl2N2O2S. The molecule has 0 radical (unpaired) electrons. The third kappa shape index (κ3) is 8.53. The van der Waals surface area contributed by atoms with Crippen LogP contribution < -0.4 is 5.32 Å². The fourth-order valence-corrected chi connectivity index (χ4v) is 5.61. The predicted octanol–water partition coefficient (Wildman–Crippen LogP) is 7.09. The third-order valence-electron chi connectivity index (χ3n) is 6.41. The molecule has 0 heterocycles. The zero-order valence-corrected chi connectivity index (χ0v) is 23.9. The van der Waals surface area contributed by atoms with E-state index in [2.05, 4.69) is 5.32 Å². The number of amides is 2. The normalized spacial score (nSPS) is 12.6. The van der Waals surface area contributed by atoms with E-state index < -0.39 is 6.04 Å². The lowest BCUT2D eigenvalue weighted by molar-refractivity contribution is -0.139. The molecule has 7 heteroatoms. The number of halogens is 2. The van der Waals surface area contributed by atoms with Crippen molar-refractivity contribution in [3.8, 4) is 0 Å². The number of thioether (sulfide) groups is 1. The molecule has 0 aliphatic heterocycles. The molecule has 4 nitrogen and oxygen atoms in total. The molecule has 3 aromatic carbocycles. The van der Waals surface area contributed by atoms with E-state index in [1.165, 1.54) is 11.8 Å². The summed E-state index contributed by atoms with van der Waals surface area (Å²) < 4.78 is 0. The summed E-state index contributed by atoms with van der Waals surface area (Å²) in [6.45, 7) is 6.39. The van der Waals surface area contributed by atoms with Crippen molar-refractivity contribution < 1.29 is 9.59 Å².